The first-order valence-corrected chi connectivity index (χ1v) is 5.29. The quantitative estimate of drug-likeness (QED) is 0.750. The lowest BCUT2D eigenvalue weighted by Crippen LogP contribution is -2.38. The van der Waals surface area contributed by atoms with Crippen molar-refractivity contribution in [1.82, 2.24) is 4.31 Å². The summed E-state index contributed by atoms with van der Waals surface area (Å²) in [5, 5.41) is 4.79. The van der Waals surface area contributed by atoms with Crippen LogP contribution in [0.5, 0.6) is 0 Å². The fourth-order valence-electron chi connectivity index (χ4n) is 0.878. The molecule has 0 saturated carbocycles. The van der Waals surface area contributed by atoms with Gasteiger partial charge in [0, 0.05) is 12.6 Å². The van der Waals surface area contributed by atoms with Crippen molar-refractivity contribution in [3.8, 4) is 0 Å². The Balaban J connectivity index is 2.99. The first kappa shape index (κ1) is 10.7. The second kappa shape index (κ2) is 3.77. The molecule has 1 aromatic rings. The van der Waals surface area contributed by atoms with Gasteiger partial charge in [-0.25, -0.2) is 9.44 Å². The molecule has 0 spiro atoms. The van der Waals surface area contributed by atoms with Crippen LogP contribution in [0.1, 0.15) is 10.4 Å². The number of hydrogen-bond donors (Lipinski definition) is 1. The van der Waals surface area contributed by atoms with Crippen LogP contribution in [0.4, 0.5) is 0 Å². The van der Waals surface area contributed by atoms with E-state index < -0.39 is 16.1 Å². The number of hydrogen-bond acceptors (Lipinski definition) is 3. The molecule has 0 heterocycles. The maximum atomic E-state index is 11.5. The molecule has 0 aliphatic heterocycles. The van der Waals surface area contributed by atoms with Crippen molar-refractivity contribution < 1.29 is 13.2 Å². The molecule has 0 aromatic heterocycles. The zero-order valence-corrected chi connectivity index (χ0v) is 8.36. The minimum absolute atomic E-state index is 0.282. The molecule has 0 aliphatic carbocycles. The zero-order chi connectivity index (χ0) is 10.8. The van der Waals surface area contributed by atoms with Crippen molar-refractivity contribution in [3.05, 3.63) is 35.9 Å². The van der Waals surface area contributed by atoms with Crippen LogP contribution in [-0.4, -0.2) is 25.7 Å². The van der Waals surface area contributed by atoms with Crippen LogP contribution in [0.2, 0.25) is 0 Å². The van der Waals surface area contributed by atoms with Gasteiger partial charge in [-0.1, -0.05) is 18.2 Å². The number of benzene rings is 1. The van der Waals surface area contributed by atoms with Crippen LogP contribution in [-0.2, 0) is 10.2 Å². The highest BCUT2D eigenvalue weighted by molar-refractivity contribution is 7.87. The van der Waals surface area contributed by atoms with Gasteiger partial charge in [-0.05, 0) is 12.1 Å². The predicted octanol–water partition coefficient (Wildman–Crippen LogP) is -0.0379. The molecule has 76 valence electrons. The highest BCUT2D eigenvalue weighted by atomic mass is 32.2. The summed E-state index contributed by atoms with van der Waals surface area (Å²) in [6.07, 6.45) is 0. The number of amides is 1. The van der Waals surface area contributed by atoms with Crippen LogP contribution in [0.15, 0.2) is 30.3 Å². The van der Waals surface area contributed by atoms with Crippen LogP contribution >= 0.6 is 0 Å². The van der Waals surface area contributed by atoms with E-state index in [-0.39, 0.29) is 5.56 Å². The number of nitrogens with two attached hydrogens (primary N) is 1. The molecule has 5 nitrogen and oxygen atoms in total. The Morgan fingerprint density at radius 3 is 2.21 bits per heavy atom. The van der Waals surface area contributed by atoms with Gasteiger partial charge < -0.3 is 0 Å². The van der Waals surface area contributed by atoms with Crippen molar-refractivity contribution >= 4 is 16.1 Å². The summed E-state index contributed by atoms with van der Waals surface area (Å²) in [7, 11) is -2.85. The second-order valence-electron chi connectivity index (χ2n) is 2.68. The maximum Gasteiger partial charge on any atom is 0.301 e. The standard InChI is InChI=1S/C8H10N2O3S/c1-10(14(9,12)13)8(11)7-5-3-2-4-6-7/h2-6H,1H3,(H2,9,12,13). The number of rotatable bonds is 2. The Labute approximate surface area is 82.3 Å². The molecule has 6 heteroatoms. The molecule has 2 N–H and O–H groups in total. The zero-order valence-electron chi connectivity index (χ0n) is 7.54. The van der Waals surface area contributed by atoms with Gasteiger partial charge in [0.1, 0.15) is 0 Å². The third kappa shape index (κ3) is 2.30. The lowest BCUT2D eigenvalue weighted by atomic mass is 10.2. The highest BCUT2D eigenvalue weighted by Crippen LogP contribution is 2.04. The van der Waals surface area contributed by atoms with E-state index in [1.165, 1.54) is 12.1 Å². The monoisotopic (exact) mass is 214 g/mol. The van der Waals surface area contributed by atoms with Crippen LogP contribution in [0, 0.1) is 0 Å². The summed E-state index contributed by atoms with van der Waals surface area (Å²) in [5.41, 5.74) is 0.282. The van der Waals surface area contributed by atoms with Crippen molar-refractivity contribution in [2.75, 3.05) is 7.05 Å². The Morgan fingerprint density at radius 1 is 1.29 bits per heavy atom. The van der Waals surface area contributed by atoms with Crippen molar-refractivity contribution in [2.24, 2.45) is 5.14 Å². The molecule has 0 fully saturated rings. The van der Waals surface area contributed by atoms with Gasteiger partial charge in [0.25, 0.3) is 5.91 Å². The van der Waals surface area contributed by atoms with Crippen molar-refractivity contribution in [1.29, 1.82) is 0 Å². The van der Waals surface area contributed by atoms with Gasteiger partial charge in [-0.2, -0.15) is 8.42 Å². The average Bonchev–Trinajstić information content (AvgIpc) is 2.15. The van der Waals surface area contributed by atoms with E-state index in [0.29, 0.717) is 4.31 Å². The Bertz CT molecular complexity index is 427. The first-order chi connectivity index (χ1) is 6.43. The topological polar surface area (TPSA) is 80.5 Å². The molecular weight excluding hydrogens is 204 g/mol. The van der Waals surface area contributed by atoms with Gasteiger partial charge >= 0.3 is 10.2 Å². The first-order valence-electron chi connectivity index (χ1n) is 3.79. The van der Waals surface area contributed by atoms with E-state index in [1.807, 2.05) is 0 Å². The number of nitrogens with zero attached hydrogens (tertiary/aromatic N) is 1. The van der Waals surface area contributed by atoms with Gasteiger partial charge in [0.05, 0.1) is 0 Å². The maximum absolute atomic E-state index is 11.5. The molecule has 1 amide bonds. The molecule has 0 atom stereocenters. The summed E-state index contributed by atoms with van der Waals surface area (Å²) < 4.78 is 22.2. The van der Waals surface area contributed by atoms with Crippen LogP contribution < -0.4 is 5.14 Å². The third-order valence-electron chi connectivity index (χ3n) is 1.69. The SMILES string of the molecule is CN(C(=O)c1ccccc1)S(N)(=O)=O. The van der Waals surface area contributed by atoms with Crippen LogP contribution in [0.25, 0.3) is 0 Å². The number of carbonyl (C=O) groups excluding carboxylic acids is 1. The van der Waals surface area contributed by atoms with Gasteiger partial charge in [-0.15, -0.1) is 0 Å². The Morgan fingerprint density at radius 2 is 1.79 bits per heavy atom. The lowest BCUT2D eigenvalue weighted by molar-refractivity contribution is 0.0883. The van der Waals surface area contributed by atoms with E-state index in [9.17, 15) is 13.2 Å². The molecule has 0 unspecified atom stereocenters. The van der Waals surface area contributed by atoms with E-state index in [4.69, 9.17) is 5.14 Å². The van der Waals surface area contributed by atoms with Crippen molar-refractivity contribution in [3.63, 3.8) is 0 Å². The molecule has 1 aromatic carbocycles. The van der Waals surface area contributed by atoms with E-state index in [1.54, 1.807) is 18.2 Å². The van der Waals surface area contributed by atoms with Gasteiger partial charge in [-0.3, -0.25) is 4.79 Å². The summed E-state index contributed by atoms with van der Waals surface area (Å²) in [5.74, 6) is -0.645. The summed E-state index contributed by atoms with van der Waals surface area (Å²) in [4.78, 5) is 11.5. The summed E-state index contributed by atoms with van der Waals surface area (Å²) in [6, 6.07) is 8.05. The molecule has 1 rings (SSSR count). The smallest absolute Gasteiger partial charge is 0.268 e. The molecular formula is C8H10N2O3S. The van der Waals surface area contributed by atoms with Crippen LogP contribution in [0.3, 0.4) is 0 Å². The van der Waals surface area contributed by atoms with Gasteiger partial charge in [0.15, 0.2) is 0 Å². The second-order valence-corrected chi connectivity index (χ2v) is 4.26. The van der Waals surface area contributed by atoms with E-state index >= 15 is 0 Å². The normalized spacial score (nSPS) is 11.0. The Hall–Kier alpha value is -1.40. The third-order valence-corrected chi connectivity index (χ3v) is 2.62. The fraction of sp³-hybridized carbons (Fsp3) is 0.125. The summed E-state index contributed by atoms with van der Waals surface area (Å²) >= 11 is 0. The largest absolute Gasteiger partial charge is 0.301 e. The summed E-state index contributed by atoms with van der Waals surface area (Å²) in [6.45, 7) is 0. The molecule has 0 radical (unpaired) electrons. The minimum atomic E-state index is -3.97. The van der Waals surface area contributed by atoms with E-state index in [0.717, 1.165) is 7.05 Å². The van der Waals surface area contributed by atoms with E-state index in [2.05, 4.69) is 0 Å². The molecule has 0 aliphatic rings. The average molecular weight is 214 g/mol. The highest BCUT2D eigenvalue weighted by Gasteiger charge is 2.19. The molecule has 0 bridgehead atoms. The van der Waals surface area contributed by atoms with Gasteiger partial charge in [0.2, 0.25) is 0 Å². The fourth-order valence-corrected chi connectivity index (χ4v) is 1.21. The lowest BCUT2D eigenvalue weighted by Gasteiger charge is -2.13. The molecule has 0 saturated heterocycles. The molecule has 14 heavy (non-hydrogen) atoms. The minimum Gasteiger partial charge on any atom is -0.268 e. The number of carbonyl (C=O) groups is 1. The Kier molecular flexibility index (Phi) is 2.87. The van der Waals surface area contributed by atoms with Crippen molar-refractivity contribution in [2.45, 2.75) is 0 Å². The predicted molar refractivity (Wildman–Crippen MR) is 51.6 cm³/mol.